The molecule has 0 bridgehead atoms. The SMILES string of the molecule is CNC(C)Cc1noc(C2CCCN2S(=O)(=O)c2ccccc2)n1. The molecule has 1 aliphatic heterocycles. The van der Waals surface area contributed by atoms with Gasteiger partial charge in [-0.2, -0.15) is 9.29 Å². The molecule has 0 spiro atoms. The van der Waals surface area contributed by atoms with Crippen molar-refractivity contribution in [1.29, 1.82) is 0 Å². The fraction of sp³-hybridized carbons (Fsp3) is 0.500. The highest BCUT2D eigenvalue weighted by Crippen LogP contribution is 2.35. The van der Waals surface area contributed by atoms with E-state index < -0.39 is 10.0 Å². The number of rotatable bonds is 6. The van der Waals surface area contributed by atoms with Gasteiger partial charge in [-0.05, 0) is 38.9 Å². The molecule has 0 aliphatic carbocycles. The Bertz CT molecular complexity index is 776. The van der Waals surface area contributed by atoms with Crippen molar-refractivity contribution in [2.75, 3.05) is 13.6 Å². The fourth-order valence-electron chi connectivity index (χ4n) is 2.86. The van der Waals surface area contributed by atoms with Crippen molar-refractivity contribution >= 4 is 10.0 Å². The molecule has 0 amide bonds. The second-order valence-electron chi connectivity index (χ2n) is 6.03. The normalized spacial score (nSPS) is 20.3. The van der Waals surface area contributed by atoms with E-state index >= 15 is 0 Å². The fourth-order valence-corrected chi connectivity index (χ4v) is 4.54. The van der Waals surface area contributed by atoms with E-state index in [1.807, 2.05) is 14.0 Å². The van der Waals surface area contributed by atoms with E-state index in [-0.39, 0.29) is 12.1 Å². The zero-order valence-electron chi connectivity index (χ0n) is 13.8. The number of aromatic nitrogens is 2. The quantitative estimate of drug-likeness (QED) is 0.854. The number of nitrogens with zero attached hydrogens (tertiary/aromatic N) is 3. The maximum atomic E-state index is 12.9. The molecule has 7 nitrogen and oxygen atoms in total. The van der Waals surface area contributed by atoms with E-state index in [2.05, 4.69) is 15.5 Å². The molecule has 2 heterocycles. The molecule has 130 valence electrons. The first-order valence-electron chi connectivity index (χ1n) is 8.09. The Morgan fingerprint density at radius 3 is 2.83 bits per heavy atom. The highest BCUT2D eigenvalue weighted by molar-refractivity contribution is 7.89. The smallest absolute Gasteiger partial charge is 0.245 e. The maximum absolute atomic E-state index is 12.9. The summed E-state index contributed by atoms with van der Waals surface area (Å²) in [4.78, 5) is 4.71. The molecular formula is C16H22N4O3S. The van der Waals surface area contributed by atoms with Crippen LogP contribution in [0.25, 0.3) is 0 Å². The van der Waals surface area contributed by atoms with Gasteiger partial charge in [0.15, 0.2) is 5.82 Å². The summed E-state index contributed by atoms with van der Waals surface area (Å²) in [6.07, 6.45) is 2.11. The van der Waals surface area contributed by atoms with Gasteiger partial charge in [0.05, 0.1) is 4.90 Å². The van der Waals surface area contributed by atoms with Gasteiger partial charge in [0.25, 0.3) is 0 Å². The minimum Gasteiger partial charge on any atom is -0.338 e. The predicted molar refractivity (Wildman–Crippen MR) is 88.8 cm³/mol. The lowest BCUT2D eigenvalue weighted by atomic mass is 10.2. The molecule has 1 aromatic carbocycles. The monoisotopic (exact) mass is 350 g/mol. The average Bonchev–Trinajstić information content (AvgIpc) is 3.24. The average molecular weight is 350 g/mol. The predicted octanol–water partition coefficient (Wildman–Crippen LogP) is 1.75. The molecule has 3 rings (SSSR count). The molecule has 1 fully saturated rings. The highest BCUT2D eigenvalue weighted by atomic mass is 32.2. The Kier molecular flexibility index (Phi) is 4.98. The Hall–Kier alpha value is -1.77. The van der Waals surface area contributed by atoms with Crippen LogP contribution in [-0.2, 0) is 16.4 Å². The van der Waals surface area contributed by atoms with E-state index in [0.29, 0.717) is 36.0 Å². The molecule has 2 atom stereocenters. The van der Waals surface area contributed by atoms with Crippen LogP contribution in [-0.4, -0.2) is 42.5 Å². The van der Waals surface area contributed by atoms with Gasteiger partial charge in [-0.3, -0.25) is 0 Å². The molecule has 1 aliphatic rings. The summed E-state index contributed by atoms with van der Waals surface area (Å²) in [7, 11) is -1.69. The molecule has 0 radical (unpaired) electrons. The first kappa shape index (κ1) is 17.1. The van der Waals surface area contributed by atoms with Gasteiger partial charge in [0.2, 0.25) is 15.9 Å². The van der Waals surface area contributed by atoms with Crippen molar-refractivity contribution in [3.05, 3.63) is 42.0 Å². The van der Waals surface area contributed by atoms with Crippen LogP contribution in [0.5, 0.6) is 0 Å². The van der Waals surface area contributed by atoms with Crippen LogP contribution in [0.4, 0.5) is 0 Å². The standard InChI is InChI=1S/C16H22N4O3S/c1-12(17-2)11-15-18-16(23-19-15)14-9-6-10-20(14)24(21,22)13-7-4-3-5-8-13/h3-5,7-8,12,14,17H,6,9-11H2,1-2H3. The van der Waals surface area contributed by atoms with Gasteiger partial charge in [-0.25, -0.2) is 8.42 Å². The van der Waals surface area contributed by atoms with E-state index in [9.17, 15) is 8.42 Å². The van der Waals surface area contributed by atoms with Crippen molar-refractivity contribution < 1.29 is 12.9 Å². The van der Waals surface area contributed by atoms with Crippen molar-refractivity contribution in [3.8, 4) is 0 Å². The summed E-state index contributed by atoms with van der Waals surface area (Å²) in [6.45, 7) is 2.49. The summed E-state index contributed by atoms with van der Waals surface area (Å²) in [5, 5.41) is 7.11. The molecular weight excluding hydrogens is 328 g/mol. The Balaban J connectivity index is 1.84. The summed E-state index contributed by atoms with van der Waals surface area (Å²) >= 11 is 0. The lowest BCUT2D eigenvalue weighted by Crippen LogP contribution is -2.31. The third kappa shape index (κ3) is 3.35. The number of hydrogen-bond acceptors (Lipinski definition) is 6. The van der Waals surface area contributed by atoms with Gasteiger partial charge in [0.1, 0.15) is 6.04 Å². The third-order valence-corrected chi connectivity index (χ3v) is 6.23. The Morgan fingerprint density at radius 2 is 2.12 bits per heavy atom. The van der Waals surface area contributed by atoms with Crippen LogP contribution in [0.1, 0.15) is 37.5 Å². The first-order chi connectivity index (χ1) is 11.5. The topological polar surface area (TPSA) is 88.3 Å². The van der Waals surface area contributed by atoms with Gasteiger partial charge >= 0.3 is 0 Å². The second-order valence-corrected chi connectivity index (χ2v) is 7.92. The van der Waals surface area contributed by atoms with Crippen molar-refractivity contribution in [1.82, 2.24) is 19.8 Å². The van der Waals surface area contributed by atoms with Crippen LogP contribution in [0.15, 0.2) is 39.8 Å². The number of likely N-dealkylation sites (N-methyl/N-ethyl adjacent to an activating group) is 1. The highest BCUT2D eigenvalue weighted by Gasteiger charge is 2.39. The molecule has 24 heavy (non-hydrogen) atoms. The number of sulfonamides is 1. The van der Waals surface area contributed by atoms with E-state index in [4.69, 9.17) is 4.52 Å². The van der Waals surface area contributed by atoms with Crippen molar-refractivity contribution in [2.24, 2.45) is 0 Å². The molecule has 2 unspecified atom stereocenters. The van der Waals surface area contributed by atoms with Gasteiger partial charge < -0.3 is 9.84 Å². The molecule has 1 N–H and O–H groups in total. The molecule has 2 aromatic rings. The summed E-state index contributed by atoms with van der Waals surface area (Å²) in [5.41, 5.74) is 0. The molecule has 0 saturated carbocycles. The zero-order chi connectivity index (χ0) is 17.2. The first-order valence-corrected chi connectivity index (χ1v) is 9.53. The molecule has 8 heteroatoms. The van der Waals surface area contributed by atoms with Crippen LogP contribution in [0.2, 0.25) is 0 Å². The molecule has 1 saturated heterocycles. The van der Waals surface area contributed by atoms with Gasteiger partial charge in [-0.1, -0.05) is 23.4 Å². The largest absolute Gasteiger partial charge is 0.338 e. The summed E-state index contributed by atoms with van der Waals surface area (Å²) in [5.74, 6) is 0.973. The van der Waals surface area contributed by atoms with E-state index in [1.54, 1.807) is 30.3 Å². The van der Waals surface area contributed by atoms with Crippen LogP contribution < -0.4 is 5.32 Å². The van der Waals surface area contributed by atoms with E-state index in [1.165, 1.54) is 4.31 Å². The van der Waals surface area contributed by atoms with Crippen LogP contribution >= 0.6 is 0 Å². The zero-order valence-corrected chi connectivity index (χ0v) is 14.7. The number of nitrogens with one attached hydrogen (secondary N) is 1. The van der Waals surface area contributed by atoms with Crippen LogP contribution in [0, 0.1) is 0 Å². The minimum absolute atomic E-state index is 0.225. The third-order valence-electron chi connectivity index (χ3n) is 4.30. The molecule has 1 aromatic heterocycles. The van der Waals surface area contributed by atoms with Crippen molar-refractivity contribution in [2.45, 2.75) is 43.2 Å². The summed E-state index contributed by atoms with van der Waals surface area (Å²) in [6, 6.07) is 8.30. The lowest BCUT2D eigenvalue weighted by molar-refractivity contribution is 0.289. The number of hydrogen-bond donors (Lipinski definition) is 1. The summed E-state index contributed by atoms with van der Waals surface area (Å²) < 4.78 is 32.6. The van der Waals surface area contributed by atoms with Gasteiger partial charge in [0, 0.05) is 19.0 Å². The lowest BCUT2D eigenvalue weighted by Gasteiger charge is -2.21. The maximum Gasteiger partial charge on any atom is 0.245 e. The Morgan fingerprint density at radius 1 is 1.38 bits per heavy atom. The van der Waals surface area contributed by atoms with Crippen LogP contribution in [0.3, 0.4) is 0 Å². The van der Waals surface area contributed by atoms with Crippen molar-refractivity contribution in [3.63, 3.8) is 0 Å². The van der Waals surface area contributed by atoms with Gasteiger partial charge in [-0.15, -0.1) is 0 Å². The Labute approximate surface area is 142 Å². The number of benzene rings is 1. The minimum atomic E-state index is -3.56. The van der Waals surface area contributed by atoms with E-state index in [0.717, 1.165) is 6.42 Å². The second kappa shape index (κ2) is 7.00.